The van der Waals surface area contributed by atoms with Crippen LogP contribution in [0.5, 0.6) is 0 Å². The predicted molar refractivity (Wildman–Crippen MR) is 91.5 cm³/mol. The Hall–Kier alpha value is -0.860. The van der Waals surface area contributed by atoms with Crippen LogP contribution in [0.1, 0.15) is 51.6 Å². The van der Waals surface area contributed by atoms with Crippen LogP contribution >= 0.6 is 0 Å². The van der Waals surface area contributed by atoms with Crippen LogP contribution in [-0.4, -0.2) is 31.1 Å². The van der Waals surface area contributed by atoms with Crippen LogP contribution < -0.4 is 5.32 Å². The molecule has 0 aliphatic carbocycles. The molecule has 1 aliphatic heterocycles. The van der Waals surface area contributed by atoms with Gasteiger partial charge in [0, 0.05) is 19.1 Å². The molecule has 0 bridgehead atoms. The van der Waals surface area contributed by atoms with Crippen LogP contribution in [-0.2, 0) is 0 Å². The first kappa shape index (κ1) is 16.5. The second-order valence-electron chi connectivity index (χ2n) is 6.89. The van der Waals surface area contributed by atoms with Crippen LogP contribution in [0, 0.1) is 11.8 Å². The summed E-state index contributed by atoms with van der Waals surface area (Å²) in [4.78, 5) is 2.71. The molecule has 2 unspecified atom stereocenters. The molecule has 118 valence electrons. The number of likely N-dealkylation sites (tertiary alicyclic amines) is 1. The van der Waals surface area contributed by atoms with Crippen molar-refractivity contribution in [3.8, 4) is 0 Å². The Bertz CT molecular complexity index is 388. The van der Waals surface area contributed by atoms with Crippen LogP contribution in [0.2, 0.25) is 0 Å². The van der Waals surface area contributed by atoms with Crippen molar-refractivity contribution in [3.63, 3.8) is 0 Å². The minimum absolute atomic E-state index is 0.527. The van der Waals surface area contributed by atoms with Crippen LogP contribution in [0.4, 0.5) is 0 Å². The predicted octanol–water partition coefficient (Wildman–Crippen LogP) is 4.10. The Morgan fingerprint density at radius 2 is 1.95 bits per heavy atom. The van der Waals surface area contributed by atoms with Gasteiger partial charge in [0.1, 0.15) is 0 Å². The first-order valence-corrected chi connectivity index (χ1v) is 8.70. The number of rotatable bonds is 7. The topological polar surface area (TPSA) is 15.3 Å². The molecule has 1 aromatic carbocycles. The van der Waals surface area contributed by atoms with E-state index >= 15 is 0 Å². The minimum atomic E-state index is 0.527. The van der Waals surface area contributed by atoms with Crippen LogP contribution in [0.25, 0.3) is 0 Å². The third-order valence-electron chi connectivity index (χ3n) is 4.64. The molecule has 21 heavy (non-hydrogen) atoms. The summed E-state index contributed by atoms with van der Waals surface area (Å²) in [6, 6.07) is 11.6. The maximum absolute atomic E-state index is 3.67. The zero-order chi connectivity index (χ0) is 15.1. The lowest BCUT2D eigenvalue weighted by atomic mass is 9.93. The van der Waals surface area contributed by atoms with Gasteiger partial charge in [0.2, 0.25) is 0 Å². The lowest BCUT2D eigenvalue weighted by molar-refractivity contribution is 0.118. The fourth-order valence-electron chi connectivity index (χ4n) is 3.36. The molecule has 1 saturated heterocycles. The Morgan fingerprint density at radius 1 is 1.19 bits per heavy atom. The van der Waals surface area contributed by atoms with Crippen molar-refractivity contribution in [1.29, 1.82) is 0 Å². The van der Waals surface area contributed by atoms with E-state index in [1.807, 2.05) is 0 Å². The number of hydrogen-bond donors (Lipinski definition) is 1. The van der Waals surface area contributed by atoms with E-state index in [4.69, 9.17) is 0 Å². The SMILES string of the molecule is CCC1CCCN(C(CNCC(C)C)c2ccccc2)C1. The van der Waals surface area contributed by atoms with Gasteiger partial charge in [0.05, 0.1) is 0 Å². The van der Waals surface area contributed by atoms with Gasteiger partial charge < -0.3 is 5.32 Å². The van der Waals surface area contributed by atoms with Crippen LogP contribution in [0.15, 0.2) is 30.3 Å². The minimum Gasteiger partial charge on any atom is -0.315 e. The lowest BCUT2D eigenvalue weighted by Crippen LogP contribution is -2.42. The molecule has 0 saturated carbocycles. The molecule has 2 heteroatoms. The fraction of sp³-hybridized carbons (Fsp3) is 0.684. The number of piperidine rings is 1. The van der Waals surface area contributed by atoms with Gasteiger partial charge in [-0.1, -0.05) is 57.5 Å². The Balaban J connectivity index is 2.04. The van der Waals surface area contributed by atoms with Crippen molar-refractivity contribution in [2.75, 3.05) is 26.2 Å². The molecule has 1 N–H and O–H groups in total. The summed E-state index contributed by atoms with van der Waals surface area (Å²) in [7, 11) is 0. The summed E-state index contributed by atoms with van der Waals surface area (Å²) in [5.41, 5.74) is 1.46. The van der Waals surface area contributed by atoms with E-state index in [-0.39, 0.29) is 0 Å². The van der Waals surface area contributed by atoms with Gasteiger partial charge in [0.25, 0.3) is 0 Å². The van der Waals surface area contributed by atoms with Crippen molar-refractivity contribution in [1.82, 2.24) is 10.2 Å². The van der Waals surface area contributed by atoms with Crippen molar-refractivity contribution < 1.29 is 0 Å². The van der Waals surface area contributed by atoms with Crippen LogP contribution in [0.3, 0.4) is 0 Å². The lowest BCUT2D eigenvalue weighted by Gasteiger charge is -2.38. The van der Waals surface area contributed by atoms with Crippen molar-refractivity contribution >= 4 is 0 Å². The molecule has 1 aliphatic rings. The van der Waals surface area contributed by atoms with E-state index in [0.29, 0.717) is 12.0 Å². The highest BCUT2D eigenvalue weighted by Gasteiger charge is 2.25. The van der Waals surface area contributed by atoms with Gasteiger partial charge in [0.15, 0.2) is 0 Å². The number of nitrogens with one attached hydrogen (secondary N) is 1. The first-order chi connectivity index (χ1) is 10.2. The normalized spacial score (nSPS) is 21.6. The standard InChI is InChI=1S/C19H32N2/c1-4-17-9-8-12-21(15-17)19(14-20-13-16(2)3)18-10-6-5-7-11-18/h5-7,10-11,16-17,19-20H,4,8-9,12-15H2,1-3H3. The number of hydrogen-bond acceptors (Lipinski definition) is 2. The molecule has 0 radical (unpaired) electrons. The summed E-state index contributed by atoms with van der Waals surface area (Å²) in [5, 5.41) is 3.67. The average Bonchev–Trinajstić information content (AvgIpc) is 2.52. The maximum atomic E-state index is 3.67. The Morgan fingerprint density at radius 3 is 2.62 bits per heavy atom. The Kier molecular flexibility index (Phi) is 6.72. The molecule has 2 atom stereocenters. The smallest absolute Gasteiger partial charge is 0.0472 e. The Labute approximate surface area is 130 Å². The molecular weight excluding hydrogens is 256 g/mol. The highest BCUT2D eigenvalue weighted by Crippen LogP contribution is 2.27. The molecule has 0 amide bonds. The summed E-state index contributed by atoms with van der Waals surface area (Å²) < 4.78 is 0. The van der Waals surface area contributed by atoms with E-state index < -0.39 is 0 Å². The third kappa shape index (κ3) is 5.12. The fourth-order valence-corrected chi connectivity index (χ4v) is 3.36. The van der Waals surface area contributed by atoms with Crippen molar-refractivity contribution in [2.45, 2.75) is 46.1 Å². The highest BCUT2D eigenvalue weighted by molar-refractivity contribution is 5.19. The van der Waals surface area contributed by atoms with E-state index in [2.05, 4.69) is 61.3 Å². The zero-order valence-corrected chi connectivity index (χ0v) is 14.0. The molecular formula is C19H32N2. The second kappa shape index (κ2) is 8.55. The first-order valence-electron chi connectivity index (χ1n) is 8.70. The number of benzene rings is 1. The highest BCUT2D eigenvalue weighted by atomic mass is 15.2. The van der Waals surface area contributed by atoms with Gasteiger partial charge in [-0.25, -0.2) is 0 Å². The average molecular weight is 288 g/mol. The molecule has 1 fully saturated rings. The third-order valence-corrected chi connectivity index (χ3v) is 4.64. The van der Waals surface area contributed by atoms with Gasteiger partial charge in [-0.2, -0.15) is 0 Å². The quantitative estimate of drug-likeness (QED) is 0.813. The van der Waals surface area contributed by atoms with Gasteiger partial charge in [-0.05, 0) is 43.3 Å². The van der Waals surface area contributed by atoms with E-state index in [0.717, 1.165) is 19.0 Å². The van der Waals surface area contributed by atoms with Crippen molar-refractivity contribution in [3.05, 3.63) is 35.9 Å². The maximum Gasteiger partial charge on any atom is 0.0472 e. The molecule has 1 aromatic rings. The van der Waals surface area contributed by atoms with Crippen molar-refractivity contribution in [2.24, 2.45) is 11.8 Å². The molecule has 2 nitrogen and oxygen atoms in total. The summed E-state index contributed by atoms with van der Waals surface area (Å²) in [6.45, 7) is 11.6. The molecule has 0 spiro atoms. The second-order valence-corrected chi connectivity index (χ2v) is 6.89. The van der Waals surface area contributed by atoms with Gasteiger partial charge in [-0.3, -0.25) is 4.90 Å². The molecule has 0 aromatic heterocycles. The summed E-state index contributed by atoms with van der Waals surface area (Å²) in [5.74, 6) is 1.60. The summed E-state index contributed by atoms with van der Waals surface area (Å²) >= 11 is 0. The monoisotopic (exact) mass is 288 g/mol. The largest absolute Gasteiger partial charge is 0.315 e. The van der Waals surface area contributed by atoms with Gasteiger partial charge >= 0.3 is 0 Å². The van der Waals surface area contributed by atoms with E-state index in [1.165, 1.54) is 37.9 Å². The van der Waals surface area contributed by atoms with E-state index in [1.54, 1.807) is 0 Å². The zero-order valence-electron chi connectivity index (χ0n) is 14.0. The molecule has 1 heterocycles. The number of nitrogens with zero attached hydrogens (tertiary/aromatic N) is 1. The molecule has 2 rings (SSSR count). The van der Waals surface area contributed by atoms with E-state index in [9.17, 15) is 0 Å². The van der Waals surface area contributed by atoms with Gasteiger partial charge in [-0.15, -0.1) is 0 Å². The summed E-state index contributed by atoms with van der Waals surface area (Å²) in [6.07, 6.45) is 4.08.